The van der Waals surface area contributed by atoms with Gasteiger partial charge < -0.3 is 19.9 Å². The highest BCUT2D eigenvalue weighted by Crippen LogP contribution is 2.30. The molecule has 1 N–H and O–H groups in total. The fourth-order valence-corrected chi connectivity index (χ4v) is 4.24. The molecule has 0 spiro atoms. The molecule has 2 amide bonds. The van der Waals surface area contributed by atoms with Crippen molar-refractivity contribution in [2.75, 3.05) is 37.6 Å². The summed E-state index contributed by atoms with van der Waals surface area (Å²) in [6.07, 6.45) is 3.44. The van der Waals surface area contributed by atoms with E-state index in [4.69, 9.17) is 4.74 Å². The molecule has 0 bridgehead atoms. The predicted molar refractivity (Wildman–Crippen MR) is 115 cm³/mol. The van der Waals surface area contributed by atoms with Crippen molar-refractivity contribution in [2.24, 2.45) is 11.8 Å². The molecule has 0 radical (unpaired) electrons. The van der Waals surface area contributed by atoms with E-state index in [2.05, 4.69) is 34.5 Å². The van der Waals surface area contributed by atoms with E-state index >= 15 is 0 Å². The van der Waals surface area contributed by atoms with Crippen LogP contribution in [0.25, 0.3) is 0 Å². The average molecular weight is 402 g/mol. The number of piperazine rings is 1. The van der Waals surface area contributed by atoms with E-state index in [1.54, 1.807) is 0 Å². The van der Waals surface area contributed by atoms with Crippen LogP contribution in [0.1, 0.15) is 46.5 Å². The zero-order valence-corrected chi connectivity index (χ0v) is 18.0. The van der Waals surface area contributed by atoms with Gasteiger partial charge in [-0.05, 0) is 64.5 Å². The molecule has 0 atom stereocenters. The number of para-hydroxylation sites is 1. The first-order valence-electron chi connectivity index (χ1n) is 10.9. The highest BCUT2D eigenvalue weighted by atomic mass is 16.6. The van der Waals surface area contributed by atoms with Crippen molar-refractivity contribution < 1.29 is 14.3 Å². The van der Waals surface area contributed by atoms with Crippen LogP contribution in [0.2, 0.25) is 0 Å². The third kappa shape index (κ3) is 6.38. The Hall–Kier alpha value is -2.24. The van der Waals surface area contributed by atoms with Crippen LogP contribution in [0.5, 0.6) is 0 Å². The van der Waals surface area contributed by atoms with Crippen molar-refractivity contribution in [2.45, 2.75) is 52.1 Å². The van der Waals surface area contributed by atoms with Gasteiger partial charge in [0.25, 0.3) is 0 Å². The maximum absolute atomic E-state index is 12.9. The molecule has 2 aliphatic rings. The molecule has 6 heteroatoms. The van der Waals surface area contributed by atoms with Crippen molar-refractivity contribution >= 4 is 17.7 Å². The Bertz CT molecular complexity index is 670. The van der Waals surface area contributed by atoms with Gasteiger partial charge in [0.2, 0.25) is 5.91 Å². The van der Waals surface area contributed by atoms with Crippen LogP contribution in [0.4, 0.5) is 10.5 Å². The number of ether oxygens (including phenoxy) is 1. The molecule has 0 unspecified atom stereocenters. The molecular weight excluding hydrogens is 366 g/mol. The summed E-state index contributed by atoms with van der Waals surface area (Å²) in [5, 5.41) is 2.87. The Morgan fingerprint density at radius 2 is 1.62 bits per heavy atom. The minimum atomic E-state index is -0.474. The molecular formula is C23H35N3O3. The molecule has 3 rings (SSSR count). The van der Waals surface area contributed by atoms with Crippen LogP contribution in [0, 0.1) is 11.8 Å². The lowest BCUT2D eigenvalue weighted by Gasteiger charge is -2.38. The highest BCUT2D eigenvalue weighted by molar-refractivity contribution is 5.79. The summed E-state index contributed by atoms with van der Waals surface area (Å²) in [6.45, 7) is 9.61. The SMILES string of the molecule is CC(C)(C)OC(=O)NCC1CCC(C(=O)N2CCN(c3ccccc3)CC2)CC1. The summed E-state index contributed by atoms with van der Waals surface area (Å²) in [6, 6.07) is 10.4. The van der Waals surface area contributed by atoms with Crippen LogP contribution in [-0.2, 0) is 9.53 Å². The second kappa shape index (κ2) is 9.51. The maximum atomic E-state index is 12.9. The number of hydrogen-bond donors (Lipinski definition) is 1. The number of alkyl carbamates (subject to hydrolysis) is 1. The highest BCUT2D eigenvalue weighted by Gasteiger charge is 2.31. The third-order valence-corrected chi connectivity index (χ3v) is 5.84. The van der Waals surface area contributed by atoms with Crippen LogP contribution in [0.3, 0.4) is 0 Å². The largest absolute Gasteiger partial charge is 0.444 e. The Labute approximate surface area is 174 Å². The minimum Gasteiger partial charge on any atom is -0.444 e. The van der Waals surface area contributed by atoms with Crippen molar-refractivity contribution in [3.63, 3.8) is 0 Å². The molecule has 1 aliphatic carbocycles. The molecule has 1 saturated carbocycles. The van der Waals surface area contributed by atoms with E-state index < -0.39 is 5.60 Å². The predicted octanol–water partition coefficient (Wildman–Crippen LogP) is 3.67. The first kappa shape index (κ1) is 21.5. The number of nitrogens with zero attached hydrogens (tertiary/aromatic N) is 2. The van der Waals surface area contributed by atoms with E-state index in [1.165, 1.54) is 5.69 Å². The molecule has 0 aromatic heterocycles. The van der Waals surface area contributed by atoms with Crippen molar-refractivity contribution in [1.82, 2.24) is 10.2 Å². The number of benzene rings is 1. The van der Waals surface area contributed by atoms with E-state index in [0.29, 0.717) is 18.4 Å². The van der Waals surface area contributed by atoms with Gasteiger partial charge in [-0.3, -0.25) is 4.79 Å². The topological polar surface area (TPSA) is 61.9 Å². The van der Waals surface area contributed by atoms with Gasteiger partial charge in [-0.15, -0.1) is 0 Å². The quantitative estimate of drug-likeness (QED) is 0.836. The summed E-state index contributed by atoms with van der Waals surface area (Å²) < 4.78 is 5.29. The number of nitrogens with one attached hydrogen (secondary N) is 1. The van der Waals surface area contributed by atoms with Crippen molar-refractivity contribution in [3.05, 3.63) is 30.3 Å². The second-order valence-electron chi connectivity index (χ2n) is 9.25. The summed E-state index contributed by atoms with van der Waals surface area (Å²) in [5.41, 5.74) is 0.760. The number of amides is 2. The number of hydrogen-bond acceptors (Lipinski definition) is 4. The minimum absolute atomic E-state index is 0.135. The number of rotatable bonds is 4. The lowest BCUT2D eigenvalue weighted by molar-refractivity contribution is -0.137. The van der Waals surface area contributed by atoms with Gasteiger partial charge in [0.15, 0.2) is 0 Å². The maximum Gasteiger partial charge on any atom is 0.407 e. The van der Waals surface area contributed by atoms with E-state index in [9.17, 15) is 9.59 Å². The van der Waals surface area contributed by atoms with E-state index in [0.717, 1.165) is 51.9 Å². The summed E-state index contributed by atoms with van der Waals surface area (Å²) in [4.78, 5) is 29.2. The average Bonchev–Trinajstić information content (AvgIpc) is 2.72. The molecule has 29 heavy (non-hydrogen) atoms. The molecule has 1 aliphatic heterocycles. The van der Waals surface area contributed by atoms with Crippen molar-refractivity contribution in [1.29, 1.82) is 0 Å². The molecule has 1 saturated heterocycles. The Kier molecular flexibility index (Phi) is 7.04. The lowest BCUT2D eigenvalue weighted by Crippen LogP contribution is -2.50. The Morgan fingerprint density at radius 3 is 2.21 bits per heavy atom. The van der Waals surface area contributed by atoms with Gasteiger partial charge >= 0.3 is 6.09 Å². The molecule has 1 heterocycles. The monoisotopic (exact) mass is 401 g/mol. The fourth-order valence-electron chi connectivity index (χ4n) is 4.24. The van der Waals surface area contributed by atoms with E-state index in [-0.39, 0.29) is 12.0 Å². The van der Waals surface area contributed by atoms with Gasteiger partial charge in [-0.25, -0.2) is 4.79 Å². The zero-order valence-electron chi connectivity index (χ0n) is 18.0. The molecule has 1 aromatic carbocycles. The molecule has 1 aromatic rings. The van der Waals surface area contributed by atoms with Crippen LogP contribution in [-0.4, -0.2) is 55.2 Å². The summed E-state index contributed by atoms with van der Waals surface area (Å²) >= 11 is 0. The van der Waals surface area contributed by atoms with Gasteiger partial charge in [0.1, 0.15) is 5.60 Å². The number of carbonyl (C=O) groups excluding carboxylic acids is 2. The first-order chi connectivity index (χ1) is 13.8. The third-order valence-electron chi connectivity index (χ3n) is 5.84. The normalized spacial score (nSPS) is 22.9. The molecule has 2 fully saturated rings. The van der Waals surface area contributed by atoms with E-state index in [1.807, 2.05) is 31.7 Å². The van der Waals surface area contributed by atoms with Crippen LogP contribution in [0.15, 0.2) is 30.3 Å². The van der Waals surface area contributed by atoms with Crippen LogP contribution < -0.4 is 10.2 Å². The number of carbonyl (C=O) groups is 2. The summed E-state index contributed by atoms with van der Waals surface area (Å²) in [5.74, 6) is 0.883. The van der Waals surface area contributed by atoms with Gasteiger partial charge in [0.05, 0.1) is 0 Å². The second-order valence-corrected chi connectivity index (χ2v) is 9.25. The molecule has 6 nitrogen and oxygen atoms in total. The Balaban J connectivity index is 1.38. The summed E-state index contributed by atoms with van der Waals surface area (Å²) in [7, 11) is 0. The van der Waals surface area contributed by atoms with Gasteiger partial charge in [0, 0.05) is 44.3 Å². The number of anilines is 1. The fraction of sp³-hybridized carbons (Fsp3) is 0.652. The van der Waals surface area contributed by atoms with Crippen LogP contribution >= 0.6 is 0 Å². The molecule has 160 valence electrons. The standard InChI is InChI=1S/C23H35N3O3/c1-23(2,3)29-22(28)24-17-18-9-11-19(12-10-18)21(27)26-15-13-25(14-16-26)20-7-5-4-6-8-20/h4-8,18-19H,9-17H2,1-3H3,(H,24,28). The lowest BCUT2D eigenvalue weighted by atomic mass is 9.81. The first-order valence-corrected chi connectivity index (χ1v) is 10.9. The zero-order chi connectivity index (χ0) is 20.9. The van der Waals surface area contributed by atoms with Gasteiger partial charge in [-0.2, -0.15) is 0 Å². The Morgan fingerprint density at radius 1 is 1.00 bits per heavy atom. The smallest absolute Gasteiger partial charge is 0.407 e. The van der Waals surface area contributed by atoms with Crippen molar-refractivity contribution in [3.8, 4) is 0 Å². The van der Waals surface area contributed by atoms with Gasteiger partial charge in [-0.1, -0.05) is 18.2 Å².